The van der Waals surface area contributed by atoms with E-state index in [9.17, 15) is 19.2 Å². The predicted octanol–water partition coefficient (Wildman–Crippen LogP) is 0.686. The van der Waals surface area contributed by atoms with Crippen LogP contribution in [0.25, 0.3) is 10.8 Å². The van der Waals surface area contributed by atoms with Crippen molar-refractivity contribution in [3.05, 3.63) is 40.3 Å². The summed E-state index contributed by atoms with van der Waals surface area (Å²) in [6.45, 7) is 3.56. The quantitative estimate of drug-likeness (QED) is 0.805. The van der Waals surface area contributed by atoms with E-state index < -0.39 is 24.5 Å². The van der Waals surface area contributed by atoms with Gasteiger partial charge in [-0.2, -0.15) is 5.10 Å². The highest BCUT2D eigenvalue weighted by Crippen LogP contribution is 2.15. The smallest absolute Gasteiger partial charge is 0.359 e. The number of carbonyl (C=O) groups excluding carboxylic acids is 3. The number of amides is 3. The van der Waals surface area contributed by atoms with Crippen LogP contribution in [0.3, 0.4) is 0 Å². The number of urea groups is 1. The summed E-state index contributed by atoms with van der Waals surface area (Å²) in [5.74, 6) is -1.45. The molecule has 2 aromatic rings. The van der Waals surface area contributed by atoms with E-state index in [4.69, 9.17) is 4.74 Å². The molecule has 136 valence electrons. The second-order valence-corrected chi connectivity index (χ2v) is 6.09. The molecule has 1 N–H and O–H groups in total. The van der Waals surface area contributed by atoms with Crippen molar-refractivity contribution in [2.75, 3.05) is 19.7 Å². The Balaban J connectivity index is 1.88. The van der Waals surface area contributed by atoms with Gasteiger partial charge in [-0.25, -0.2) is 14.3 Å². The molecule has 1 aromatic carbocycles. The van der Waals surface area contributed by atoms with Gasteiger partial charge in [-0.05, 0) is 19.9 Å². The van der Waals surface area contributed by atoms with Gasteiger partial charge in [-0.1, -0.05) is 18.2 Å². The molecule has 0 bridgehead atoms. The van der Waals surface area contributed by atoms with Crippen LogP contribution in [0.1, 0.15) is 30.4 Å². The molecule has 1 aliphatic heterocycles. The highest BCUT2D eigenvalue weighted by Gasteiger charge is 2.27. The van der Waals surface area contributed by atoms with Gasteiger partial charge in [-0.15, -0.1) is 0 Å². The summed E-state index contributed by atoms with van der Waals surface area (Å²) in [7, 11) is 0. The van der Waals surface area contributed by atoms with Crippen molar-refractivity contribution in [2.45, 2.75) is 19.9 Å². The number of fused-ring (bicyclic) bond motifs is 1. The Morgan fingerprint density at radius 2 is 1.92 bits per heavy atom. The Kier molecular flexibility index (Phi) is 4.70. The molecule has 0 saturated carbocycles. The van der Waals surface area contributed by atoms with Crippen molar-refractivity contribution in [1.29, 1.82) is 0 Å². The lowest BCUT2D eigenvalue weighted by Gasteiger charge is -2.14. The highest BCUT2D eigenvalue weighted by molar-refractivity contribution is 6.03. The Morgan fingerprint density at radius 3 is 2.54 bits per heavy atom. The summed E-state index contributed by atoms with van der Waals surface area (Å²) in [5, 5.41) is 7.30. The first-order valence-electron chi connectivity index (χ1n) is 8.17. The normalized spacial score (nSPS) is 14.0. The lowest BCUT2D eigenvalue weighted by Crippen LogP contribution is -2.37. The zero-order valence-corrected chi connectivity index (χ0v) is 14.4. The molecule has 0 spiro atoms. The van der Waals surface area contributed by atoms with Gasteiger partial charge in [0.1, 0.15) is 0 Å². The average molecular weight is 358 g/mol. The standard InChI is InChI=1S/C17H18N4O5/c1-10(2)21-15(23)12-6-4-3-5-11(12)14(19-21)16(24)26-9-13(22)20-8-7-18-17(20)25/h3-6,10H,7-9H2,1-2H3,(H,18,25). The fraction of sp³-hybridized carbons (Fsp3) is 0.353. The van der Waals surface area contributed by atoms with E-state index in [0.29, 0.717) is 17.3 Å². The molecule has 2 heterocycles. The van der Waals surface area contributed by atoms with Crippen LogP contribution >= 0.6 is 0 Å². The molecule has 0 atom stereocenters. The van der Waals surface area contributed by atoms with Gasteiger partial charge in [-0.3, -0.25) is 14.5 Å². The van der Waals surface area contributed by atoms with E-state index >= 15 is 0 Å². The van der Waals surface area contributed by atoms with Crippen molar-refractivity contribution < 1.29 is 19.1 Å². The van der Waals surface area contributed by atoms with Crippen molar-refractivity contribution in [3.63, 3.8) is 0 Å². The molecule has 0 aliphatic carbocycles. The van der Waals surface area contributed by atoms with Gasteiger partial charge >= 0.3 is 12.0 Å². The van der Waals surface area contributed by atoms with Crippen LogP contribution in [-0.4, -0.2) is 52.3 Å². The van der Waals surface area contributed by atoms with E-state index in [1.807, 2.05) is 0 Å². The Hall–Kier alpha value is -3.23. The molecule has 0 unspecified atom stereocenters. The Labute approximate surface area is 148 Å². The fourth-order valence-corrected chi connectivity index (χ4v) is 2.69. The van der Waals surface area contributed by atoms with Gasteiger partial charge in [0.25, 0.3) is 11.5 Å². The SMILES string of the molecule is CC(C)n1nc(C(=O)OCC(=O)N2CCNC2=O)c2ccccc2c1=O. The maximum atomic E-state index is 12.5. The summed E-state index contributed by atoms with van der Waals surface area (Å²) in [4.78, 5) is 49.4. The van der Waals surface area contributed by atoms with Crippen LogP contribution in [0.15, 0.2) is 29.1 Å². The number of ether oxygens (including phenoxy) is 1. The molecule has 3 rings (SSSR count). The number of hydrogen-bond acceptors (Lipinski definition) is 6. The molecule has 1 aliphatic rings. The van der Waals surface area contributed by atoms with E-state index in [-0.39, 0.29) is 23.8 Å². The van der Waals surface area contributed by atoms with Crippen molar-refractivity contribution in [2.24, 2.45) is 0 Å². The van der Waals surface area contributed by atoms with E-state index in [2.05, 4.69) is 10.4 Å². The van der Waals surface area contributed by atoms with Gasteiger partial charge in [0.15, 0.2) is 12.3 Å². The van der Waals surface area contributed by atoms with Crippen molar-refractivity contribution in [1.82, 2.24) is 20.0 Å². The number of nitrogens with one attached hydrogen (secondary N) is 1. The first-order chi connectivity index (χ1) is 12.4. The number of benzene rings is 1. The Morgan fingerprint density at radius 1 is 1.23 bits per heavy atom. The van der Waals surface area contributed by atoms with Gasteiger partial charge in [0, 0.05) is 18.5 Å². The first kappa shape index (κ1) is 17.6. The summed E-state index contributed by atoms with van der Waals surface area (Å²) >= 11 is 0. The number of hydrogen-bond donors (Lipinski definition) is 1. The monoisotopic (exact) mass is 358 g/mol. The third-order valence-electron chi connectivity index (χ3n) is 4.00. The summed E-state index contributed by atoms with van der Waals surface area (Å²) in [5.41, 5.74) is -0.357. The molecular formula is C17H18N4O5. The lowest BCUT2D eigenvalue weighted by molar-refractivity contribution is -0.130. The molecule has 1 aromatic heterocycles. The van der Waals surface area contributed by atoms with Gasteiger partial charge < -0.3 is 10.1 Å². The number of nitrogens with zero attached hydrogens (tertiary/aromatic N) is 3. The van der Waals surface area contributed by atoms with Crippen LogP contribution in [0.4, 0.5) is 4.79 Å². The first-order valence-corrected chi connectivity index (χ1v) is 8.17. The summed E-state index contributed by atoms with van der Waals surface area (Å²) in [6.07, 6.45) is 0. The van der Waals surface area contributed by atoms with Crippen molar-refractivity contribution in [3.8, 4) is 0 Å². The number of imide groups is 1. The molecule has 9 heteroatoms. The molecule has 1 fully saturated rings. The van der Waals surface area contributed by atoms with Crippen LogP contribution in [0, 0.1) is 0 Å². The number of carbonyl (C=O) groups is 3. The third-order valence-corrected chi connectivity index (χ3v) is 4.00. The minimum atomic E-state index is -0.830. The van der Waals surface area contributed by atoms with Crippen LogP contribution in [0.2, 0.25) is 0 Å². The topological polar surface area (TPSA) is 111 Å². The number of aromatic nitrogens is 2. The minimum absolute atomic E-state index is 0.0485. The van der Waals surface area contributed by atoms with E-state index in [1.165, 1.54) is 4.68 Å². The maximum Gasteiger partial charge on any atom is 0.359 e. The lowest BCUT2D eigenvalue weighted by atomic mass is 10.1. The second kappa shape index (κ2) is 6.95. The van der Waals surface area contributed by atoms with Crippen LogP contribution in [0.5, 0.6) is 0 Å². The molecular weight excluding hydrogens is 340 g/mol. The summed E-state index contributed by atoms with van der Waals surface area (Å²) in [6, 6.07) is 5.81. The third kappa shape index (κ3) is 3.15. The number of esters is 1. The van der Waals surface area contributed by atoms with Gasteiger partial charge in [0.2, 0.25) is 0 Å². The van der Waals surface area contributed by atoms with E-state index in [0.717, 1.165) is 4.90 Å². The minimum Gasteiger partial charge on any atom is -0.451 e. The Bertz CT molecular complexity index is 950. The molecule has 9 nitrogen and oxygen atoms in total. The van der Waals surface area contributed by atoms with Crippen LogP contribution in [-0.2, 0) is 9.53 Å². The summed E-state index contributed by atoms with van der Waals surface area (Å²) < 4.78 is 6.25. The molecule has 26 heavy (non-hydrogen) atoms. The molecule has 3 amide bonds. The zero-order chi connectivity index (χ0) is 18.8. The molecule has 0 radical (unpaired) electrons. The van der Waals surface area contributed by atoms with Crippen LogP contribution < -0.4 is 10.9 Å². The molecule has 1 saturated heterocycles. The maximum absolute atomic E-state index is 12.5. The van der Waals surface area contributed by atoms with Gasteiger partial charge in [0.05, 0.1) is 11.4 Å². The van der Waals surface area contributed by atoms with Crippen molar-refractivity contribution >= 4 is 28.7 Å². The van der Waals surface area contributed by atoms with E-state index in [1.54, 1.807) is 38.1 Å². The fourth-order valence-electron chi connectivity index (χ4n) is 2.69. The highest BCUT2D eigenvalue weighted by atomic mass is 16.5. The predicted molar refractivity (Wildman–Crippen MR) is 91.8 cm³/mol. The second-order valence-electron chi connectivity index (χ2n) is 6.09. The average Bonchev–Trinajstić information content (AvgIpc) is 3.05. The zero-order valence-electron chi connectivity index (χ0n) is 14.4. The number of rotatable bonds is 4. The largest absolute Gasteiger partial charge is 0.451 e.